The van der Waals surface area contributed by atoms with E-state index in [4.69, 9.17) is 16.3 Å². The van der Waals surface area contributed by atoms with Gasteiger partial charge in [-0.1, -0.05) is 29.8 Å². The Kier molecular flexibility index (Phi) is 4.55. The Bertz CT molecular complexity index is 833. The highest BCUT2D eigenvalue weighted by Gasteiger charge is 2.12. The first-order valence-electron chi connectivity index (χ1n) is 6.69. The molecule has 0 atom stereocenters. The van der Waals surface area contributed by atoms with Crippen LogP contribution in [0, 0.1) is 5.21 Å². The first kappa shape index (κ1) is 15.5. The molecule has 2 aromatic heterocycles. The fourth-order valence-corrected chi connectivity index (χ4v) is 3.03. The maximum Gasteiger partial charge on any atom is 0.338 e. The number of pyridine rings is 1. The summed E-state index contributed by atoms with van der Waals surface area (Å²) in [5.74, 6) is -0.502. The highest BCUT2D eigenvalue weighted by molar-refractivity contribution is 7.13. The van der Waals surface area contributed by atoms with Gasteiger partial charge in [-0.25, -0.2) is 9.78 Å². The summed E-state index contributed by atoms with van der Waals surface area (Å²) in [6.45, 7) is 0.0616. The first-order valence-corrected chi connectivity index (χ1v) is 7.94. The molecule has 2 heterocycles. The maximum atomic E-state index is 11.9. The van der Waals surface area contributed by atoms with Crippen molar-refractivity contribution in [3.05, 3.63) is 75.7 Å². The van der Waals surface area contributed by atoms with E-state index in [1.54, 1.807) is 6.07 Å². The first-order chi connectivity index (χ1) is 11.1. The Morgan fingerprint density at radius 3 is 2.74 bits per heavy atom. The molecule has 0 saturated heterocycles. The summed E-state index contributed by atoms with van der Waals surface area (Å²) in [6.07, 6.45) is 2.49. The van der Waals surface area contributed by atoms with Crippen LogP contribution in [0.4, 0.5) is 0 Å². The van der Waals surface area contributed by atoms with E-state index in [9.17, 15) is 10.0 Å². The average molecular weight is 347 g/mol. The van der Waals surface area contributed by atoms with Crippen LogP contribution in [0.3, 0.4) is 0 Å². The fourth-order valence-electron chi connectivity index (χ4n) is 1.90. The molecule has 0 N–H and O–H groups in total. The van der Waals surface area contributed by atoms with Crippen LogP contribution in [0.15, 0.2) is 54.2 Å². The van der Waals surface area contributed by atoms with Gasteiger partial charge in [0, 0.05) is 23.1 Å². The molecular formula is C16H11ClN2O3S. The van der Waals surface area contributed by atoms with Crippen molar-refractivity contribution in [1.29, 1.82) is 0 Å². The van der Waals surface area contributed by atoms with E-state index in [1.165, 1.54) is 35.9 Å². The van der Waals surface area contributed by atoms with Gasteiger partial charge >= 0.3 is 5.97 Å². The number of esters is 1. The molecule has 7 heteroatoms. The van der Waals surface area contributed by atoms with E-state index in [1.807, 2.05) is 23.6 Å². The van der Waals surface area contributed by atoms with Crippen LogP contribution in [0.2, 0.25) is 5.02 Å². The molecule has 5 nitrogen and oxygen atoms in total. The van der Waals surface area contributed by atoms with Crippen LogP contribution in [-0.4, -0.2) is 11.0 Å². The smallest absolute Gasteiger partial charge is 0.338 e. The summed E-state index contributed by atoms with van der Waals surface area (Å²) < 4.78 is 5.80. The minimum Gasteiger partial charge on any atom is -0.619 e. The monoisotopic (exact) mass is 346 g/mol. The number of hydrogen-bond acceptors (Lipinski definition) is 5. The lowest BCUT2D eigenvalue weighted by Crippen LogP contribution is -2.24. The lowest BCUT2D eigenvalue weighted by Gasteiger charge is -2.03. The second kappa shape index (κ2) is 6.76. The molecular weight excluding hydrogens is 336 g/mol. The van der Waals surface area contributed by atoms with Crippen molar-refractivity contribution in [2.75, 3.05) is 0 Å². The number of aromatic nitrogens is 2. The maximum absolute atomic E-state index is 11.9. The molecule has 0 fully saturated rings. The number of halogens is 1. The van der Waals surface area contributed by atoms with E-state index in [2.05, 4.69) is 4.98 Å². The van der Waals surface area contributed by atoms with Gasteiger partial charge in [-0.3, -0.25) is 0 Å². The van der Waals surface area contributed by atoms with Crippen LogP contribution in [0.1, 0.15) is 16.1 Å². The van der Waals surface area contributed by atoms with Gasteiger partial charge in [0.25, 0.3) is 0 Å². The summed E-state index contributed by atoms with van der Waals surface area (Å²) >= 11 is 7.58. The van der Waals surface area contributed by atoms with Crippen molar-refractivity contribution >= 4 is 28.9 Å². The zero-order chi connectivity index (χ0) is 16.2. The number of hydrogen-bond donors (Lipinski definition) is 0. The molecule has 3 aromatic rings. The molecule has 0 amide bonds. The number of thiazole rings is 1. The Morgan fingerprint density at radius 1 is 1.26 bits per heavy atom. The van der Waals surface area contributed by atoms with Gasteiger partial charge in [0.2, 0.25) is 0 Å². The number of carbonyl (C=O) groups excluding carboxylic acids is 1. The molecule has 0 spiro atoms. The summed E-state index contributed by atoms with van der Waals surface area (Å²) in [6, 6.07) is 10.2. The van der Waals surface area contributed by atoms with Crippen molar-refractivity contribution in [3.8, 4) is 10.6 Å². The van der Waals surface area contributed by atoms with Crippen molar-refractivity contribution in [2.45, 2.75) is 6.61 Å². The largest absolute Gasteiger partial charge is 0.619 e. The predicted molar refractivity (Wildman–Crippen MR) is 87.1 cm³/mol. The van der Waals surface area contributed by atoms with Gasteiger partial charge in [0.15, 0.2) is 12.4 Å². The van der Waals surface area contributed by atoms with Crippen LogP contribution >= 0.6 is 22.9 Å². The highest BCUT2D eigenvalue weighted by atomic mass is 35.5. The molecule has 3 rings (SSSR count). The molecule has 0 aliphatic rings. The average Bonchev–Trinajstić information content (AvgIpc) is 3.02. The van der Waals surface area contributed by atoms with Crippen molar-refractivity contribution < 1.29 is 14.3 Å². The van der Waals surface area contributed by atoms with E-state index in [-0.39, 0.29) is 6.61 Å². The van der Waals surface area contributed by atoms with Crippen molar-refractivity contribution in [2.24, 2.45) is 0 Å². The lowest BCUT2D eigenvalue weighted by atomic mass is 10.2. The minimum atomic E-state index is -0.502. The third-order valence-electron chi connectivity index (χ3n) is 3.04. The Labute approximate surface area is 141 Å². The van der Waals surface area contributed by atoms with Crippen molar-refractivity contribution in [1.82, 2.24) is 4.98 Å². The summed E-state index contributed by atoms with van der Waals surface area (Å²) in [4.78, 5) is 16.3. The van der Waals surface area contributed by atoms with Crippen LogP contribution in [0.25, 0.3) is 10.6 Å². The topological polar surface area (TPSA) is 66.1 Å². The Hall–Kier alpha value is -2.44. The number of benzene rings is 1. The van der Waals surface area contributed by atoms with Gasteiger partial charge in [-0.2, -0.15) is 4.73 Å². The van der Waals surface area contributed by atoms with Crippen molar-refractivity contribution in [3.63, 3.8) is 0 Å². The van der Waals surface area contributed by atoms with Gasteiger partial charge in [0.1, 0.15) is 11.6 Å². The van der Waals surface area contributed by atoms with Gasteiger partial charge < -0.3 is 9.94 Å². The van der Waals surface area contributed by atoms with Crippen LogP contribution in [0.5, 0.6) is 0 Å². The molecule has 0 aliphatic heterocycles. The number of nitrogens with zero attached hydrogens (tertiary/aromatic N) is 2. The third kappa shape index (κ3) is 3.67. The molecule has 0 unspecified atom stereocenters. The normalized spacial score (nSPS) is 10.5. The summed E-state index contributed by atoms with van der Waals surface area (Å²) in [5, 5.41) is 14.2. The van der Waals surface area contributed by atoms with E-state index < -0.39 is 5.97 Å². The van der Waals surface area contributed by atoms with Gasteiger partial charge in [-0.15, -0.1) is 11.3 Å². The fraction of sp³-hybridized carbons (Fsp3) is 0.0625. The van der Waals surface area contributed by atoms with Gasteiger partial charge in [-0.05, 0) is 6.07 Å². The predicted octanol–water partition coefficient (Wildman–Crippen LogP) is 3.45. The lowest BCUT2D eigenvalue weighted by molar-refractivity contribution is -0.605. The second-order valence-corrected chi connectivity index (χ2v) is 5.91. The van der Waals surface area contributed by atoms with Gasteiger partial charge in [0.05, 0.1) is 16.3 Å². The molecule has 0 bridgehead atoms. The molecule has 116 valence electrons. The molecule has 0 radical (unpaired) electrons. The SMILES string of the molecule is O=C(OCc1csc(-c2ccccc2Cl)n1)c1cc[n+]([O-])cc1. The second-order valence-electron chi connectivity index (χ2n) is 4.65. The standard InChI is InChI=1S/C16H11ClN2O3S/c17-14-4-2-1-3-13(14)15-18-12(10-23-15)9-22-16(20)11-5-7-19(21)8-6-11/h1-8,10H,9H2. The minimum absolute atomic E-state index is 0.0616. The Balaban J connectivity index is 1.67. The number of ether oxygens (including phenoxy) is 1. The van der Waals surface area contributed by atoms with E-state index >= 15 is 0 Å². The molecule has 0 aliphatic carbocycles. The summed E-state index contributed by atoms with van der Waals surface area (Å²) in [5.41, 5.74) is 1.81. The highest BCUT2D eigenvalue weighted by Crippen LogP contribution is 2.30. The third-order valence-corrected chi connectivity index (χ3v) is 4.30. The quantitative estimate of drug-likeness (QED) is 0.412. The molecule has 1 aromatic carbocycles. The zero-order valence-electron chi connectivity index (χ0n) is 11.8. The zero-order valence-corrected chi connectivity index (χ0v) is 13.4. The summed E-state index contributed by atoms with van der Waals surface area (Å²) in [7, 11) is 0. The Morgan fingerprint density at radius 2 is 2.00 bits per heavy atom. The van der Waals surface area contributed by atoms with E-state index in [0.29, 0.717) is 21.0 Å². The molecule has 23 heavy (non-hydrogen) atoms. The number of rotatable bonds is 4. The molecule has 0 saturated carbocycles. The number of carbonyl (C=O) groups is 1. The van der Waals surface area contributed by atoms with Crippen LogP contribution < -0.4 is 4.73 Å². The van der Waals surface area contributed by atoms with E-state index in [0.717, 1.165) is 10.6 Å². The van der Waals surface area contributed by atoms with Crippen LogP contribution in [-0.2, 0) is 11.3 Å².